The number of aromatic amines is 1. The average molecular weight is 251 g/mol. The van der Waals surface area contributed by atoms with Gasteiger partial charge in [-0.25, -0.2) is 4.98 Å². The molecule has 1 fully saturated rings. The Hall–Kier alpha value is -2.18. The van der Waals surface area contributed by atoms with Crippen LogP contribution in [0.4, 0.5) is 0 Å². The predicted molar refractivity (Wildman–Crippen MR) is 61.1 cm³/mol. The second-order valence-corrected chi connectivity index (χ2v) is 4.30. The van der Waals surface area contributed by atoms with Gasteiger partial charge < -0.3 is 15.0 Å². The van der Waals surface area contributed by atoms with Crippen LogP contribution in [0, 0.1) is 5.92 Å². The number of nitrogens with one attached hydrogen (secondary N) is 1. The van der Waals surface area contributed by atoms with E-state index in [0.29, 0.717) is 19.5 Å². The summed E-state index contributed by atoms with van der Waals surface area (Å²) in [4.78, 5) is 41.1. The van der Waals surface area contributed by atoms with E-state index in [-0.39, 0.29) is 29.5 Å². The van der Waals surface area contributed by atoms with Crippen LogP contribution >= 0.6 is 0 Å². The first-order valence-electron chi connectivity index (χ1n) is 5.62. The quantitative estimate of drug-likeness (QED) is 0.768. The molecule has 0 saturated carbocycles. The molecule has 1 aromatic heterocycles. The Balaban J connectivity index is 2.01. The second kappa shape index (κ2) is 4.99. The van der Waals surface area contributed by atoms with Crippen molar-refractivity contribution in [1.29, 1.82) is 0 Å². The first kappa shape index (κ1) is 12.3. The minimum atomic E-state index is -0.850. The zero-order chi connectivity index (χ0) is 13.1. The number of carbonyl (C=O) groups is 2. The molecule has 1 atom stereocenters. The van der Waals surface area contributed by atoms with Crippen LogP contribution < -0.4 is 5.56 Å². The molecule has 0 radical (unpaired) electrons. The number of hydrogen-bond acceptors (Lipinski definition) is 4. The molecule has 1 aliphatic rings. The Morgan fingerprint density at radius 2 is 2.33 bits per heavy atom. The number of carboxylic acid groups (broad SMARTS) is 1. The molecule has 0 spiro atoms. The van der Waals surface area contributed by atoms with Crippen molar-refractivity contribution >= 4 is 11.9 Å². The van der Waals surface area contributed by atoms with Crippen molar-refractivity contribution in [2.75, 3.05) is 13.1 Å². The summed E-state index contributed by atoms with van der Waals surface area (Å²) < 4.78 is 0. The lowest BCUT2D eigenvalue weighted by molar-refractivity contribution is -0.138. The highest BCUT2D eigenvalue weighted by Crippen LogP contribution is 2.20. The standard InChI is InChI=1S/C11H13N3O4/c15-9-5-12-8(4-13-9)11(18)14-2-1-7(6-14)3-10(16)17/h4-5,7H,1-3,6H2,(H,13,15)(H,16,17). The van der Waals surface area contributed by atoms with Gasteiger partial charge >= 0.3 is 5.97 Å². The smallest absolute Gasteiger partial charge is 0.303 e. The topological polar surface area (TPSA) is 103 Å². The van der Waals surface area contributed by atoms with Crippen molar-refractivity contribution in [2.45, 2.75) is 12.8 Å². The Morgan fingerprint density at radius 3 is 2.94 bits per heavy atom. The maximum atomic E-state index is 12.0. The molecule has 7 nitrogen and oxygen atoms in total. The molecule has 1 aromatic rings. The van der Waals surface area contributed by atoms with E-state index < -0.39 is 5.97 Å². The summed E-state index contributed by atoms with van der Waals surface area (Å²) in [7, 11) is 0. The maximum Gasteiger partial charge on any atom is 0.303 e. The fraction of sp³-hybridized carbons (Fsp3) is 0.455. The summed E-state index contributed by atoms with van der Waals surface area (Å²) >= 11 is 0. The molecule has 1 aliphatic heterocycles. The van der Waals surface area contributed by atoms with E-state index in [4.69, 9.17) is 5.11 Å². The van der Waals surface area contributed by atoms with Gasteiger partial charge in [0.1, 0.15) is 5.69 Å². The van der Waals surface area contributed by atoms with Crippen LogP contribution in [-0.2, 0) is 4.79 Å². The zero-order valence-corrected chi connectivity index (χ0v) is 9.63. The monoisotopic (exact) mass is 251 g/mol. The van der Waals surface area contributed by atoms with Crippen molar-refractivity contribution in [3.63, 3.8) is 0 Å². The molecule has 1 unspecified atom stereocenters. The first-order valence-corrected chi connectivity index (χ1v) is 5.62. The lowest BCUT2D eigenvalue weighted by atomic mass is 10.1. The summed E-state index contributed by atoms with van der Waals surface area (Å²) in [6.07, 6.45) is 3.08. The van der Waals surface area contributed by atoms with Crippen LogP contribution in [0.3, 0.4) is 0 Å². The van der Waals surface area contributed by atoms with Crippen LogP contribution in [0.2, 0.25) is 0 Å². The van der Waals surface area contributed by atoms with E-state index >= 15 is 0 Å². The van der Waals surface area contributed by atoms with Gasteiger partial charge in [0.2, 0.25) is 0 Å². The van der Waals surface area contributed by atoms with Gasteiger partial charge in [0.15, 0.2) is 0 Å². The van der Waals surface area contributed by atoms with Gasteiger partial charge in [-0.15, -0.1) is 0 Å². The molecule has 2 N–H and O–H groups in total. The van der Waals surface area contributed by atoms with E-state index in [2.05, 4.69) is 9.97 Å². The number of aliphatic carboxylic acids is 1. The molecule has 1 amide bonds. The number of hydrogen-bond donors (Lipinski definition) is 2. The summed E-state index contributed by atoms with van der Waals surface area (Å²) in [5, 5.41) is 8.69. The van der Waals surface area contributed by atoms with Gasteiger partial charge in [-0.1, -0.05) is 0 Å². The largest absolute Gasteiger partial charge is 0.481 e. The maximum absolute atomic E-state index is 12.0. The van der Waals surface area contributed by atoms with Crippen LogP contribution in [0.1, 0.15) is 23.3 Å². The summed E-state index contributed by atoms with van der Waals surface area (Å²) in [5.41, 5.74) is -0.192. The number of carboxylic acids is 1. The van der Waals surface area contributed by atoms with Crippen LogP contribution in [0.25, 0.3) is 0 Å². The minimum absolute atomic E-state index is 0.00536. The molecule has 2 rings (SSSR count). The molecule has 0 aromatic carbocycles. The average Bonchev–Trinajstić information content (AvgIpc) is 2.76. The molecule has 1 saturated heterocycles. The lowest BCUT2D eigenvalue weighted by Gasteiger charge is -2.15. The fourth-order valence-electron chi connectivity index (χ4n) is 2.05. The number of nitrogens with zero attached hydrogens (tertiary/aromatic N) is 2. The van der Waals surface area contributed by atoms with Gasteiger partial charge in [0.05, 0.1) is 6.20 Å². The van der Waals surface area contributed by atoms with Crippen molar-refractivity contribution in [3.8, 4) is 0 Å². The highest BCUT2D eigenvalue weighted by atomic mass is 16.4. The Bertz CT molecular complexity index is 505. The Kier molecular flexibility index (Phi) is 3.40. The minimum Gasteiger partial charge on any atom is -0.481 e. The molecule has 7 heteroatoms. The number of likely N-dealkylation sites (tertiary alicyclic amines) is 1. The number of carbonyl (C=O) groups excluding carboxylic acids is 1. The molecular formula is C11H13N3O4. The third kappa shape index (κ3) is 2.73. The van der Waals surface area contributed by atoms with Crippen molar-refractivity contribution in [1.82, 2.24) is 14.9 Å². The van der Waals surface area contributed by atoms with Crippen molar-refractivity contribution in [2.24, 2.45) is 5.92 Å². The number of aromatic nitrogens is 2. The van der Waals surface area contributed by atoms with Gasteiger partial charge in [-0.2, -0.15) is 0 Å². The van der Waals surface area contributed by atoms with Crippen molar-refractivity contribution in [3.05, 3.63) is 28.4 Å². The molecule has 0 bridgehead atoms. The Morgan fingerprint density at radius 1 is 1.56 bits per heavy atom. The van der Waals surface area contributed by atoms with E-state index in [9.17, 15) is 14.4 Å². The Labute approximate surface area is 102 Å². The van der Waals surface area contributed by atoms with E-state index in [0.717, 1.165) is 6.20 Å². The van der Waals surface area contributed by atoms with Crippen LogP contribution in [-0.4, -0.2) is 44.9 Å². The van der Waals surface area contributed by atoms with Gasteiger partial charge in [0, 0.05) is 25.7 Å². The molecule has 2 heterocycles. The zero-order valence-electron chi connectivity index (χ0n) is 9.63. The molecule has 96 valence electrons. The van der Waals surface area contributed by atoms with Crippen molar-refractivity contribution < 1.29 is 14.7 Å². The SMILES string of the molecule is O=C(O)CC1CCN(C(=O)c2c[nH]c(=O)cn2)C1. The highest BCUT2D eigenvalue weighted by molar-refractivity contribution is 5.92. The normalized spacial score (nSPS) is 18.9. The molecule has 18 heavy (non-hydrogen) atoms. The predicted octanol–water partition coefficient (Wildman–Crippen LogP) is -0.293. The van der Waals surface area contributed by atoms with Crippen LogP contribution in [0.15, 0.2) is 17.2 Å². The van der Waals surface area contributed by atoms with Gasteiger partial charge in [0.25, 0.3) is 11.5 Å². The fourth-order valence-corrected chi connectivity index (χ4v) is 2.05. The molecular weight excluding hydrogens is 238 g/mol. The van der Waals surface area contributed by atoms with E-state index in [1.807, 2.05) is 0 Å². The summed E-state index contributed by atoms with van der Waals surface area (Å²) in [6.45, 7) is 0.948. The number of H-pyrrole nitrogens is 1. The third-order valence-electron chi connectivity index (χ3n) is 2.93. The second-order valence-electron chi connectivity index (χ2n) is 4.30. The van der Waals surface area contributed by atoms with Gasteiger partial charge in [-0.05, 0) is 12.3 Å². The summed E-state index contributed by atoms with van der Waals surface area (Å²) in [5.74, 6) is -1.13. The highest BCUT2D eigenvalue weighted by Gasteiger charge is 2.28. The molecule has 0 aliphatic carbocycles. The van der Waals surface area contributed by atoms with E-state index in [1.165, 1.54) is 6.20 Å². The lowest BCUT2D eigenvalue weighted by Crippen LogP contribution is -2.30. The van der Waals surface area contributed by atoms with Gasteiger partial charge in [-0.3, -0.25) is 14.4 Å². The van der Waals surface area contributed by atoms with E-state index in [1.54, 1.807) is 4.90 Å². The first-order chi connectivity index (χ1) is 8.56. The van der Waals surface area contributed by atoms with Crippen LogP contribution in [0.5, 0.6) is 0 Å². The summed E-state index contributed by atoms with van der Waals surface area (Å²) in [6, 6.07) is 0. The number of amides is 1. The third-order valence-corrected chi connectivity index (χ3v) is 2.93. The number of rotatable bonds is 3.